The van der Waals surface area contributed by atoms with E-state index in [1.54, 1.807) is 6.20 Å². The Labute approximate surface area is 136 Å². The minimum Gasteiger partial charge on any atom is -0.364 e. The summed E-state index contributed by atoms with van der Waals surface area (Å²) >= 11 is 0. The van der Waals surface area contributed by atoms with Crippen LogP contribution in [0, 0.1) is 0 Å². The standard InChI is InChI=1S/C18H23N3O2/c1-15(23-14-16-7-3-2-4-8-16)18(22)20-11-5-9-17(13-20)21-12-6-10-19-21/h2-4,6-8,10,12,15,17H,5,9,11,13-14H2,1H3/t15-,17-/m0/s1. The molecule has 23 heavy (non-hydrogen) atoms. The smallest absolute Gasteiger partial charge is 0.251 e. The summed E-state index contributed by atoms with van der Waals surface area (Å²) in [6, 6.07) is 12.1. The van der Waals surface area contributed by atoms with Crippen LogP contribution in [-0.2, 0) is 16.1 Å². The van der Waals surface area contributed by atoms with Gasteiger partial charge in [-0.15, -0.1) is 0 Å². The highest BCUT2D eigenvalue weighted by atomic mass is 16.5. The summed E-state index contributed by atoms with van der Waals surface area (Å²) in [6.07, 6.45) is 5.39. The molecule has 2 atom stereocenters. The highest BCUT2D eigenvalue weighted by Crippen LogP contribution is 2.21. The second kappa shape index (κ2) is 7.42. The molecular weight excluding hydrogens is 290 g/mol. The molecule has 1 amide bonds. The summed E-state index contributed by atoms with van der Waals surface area (Å²) < 4.78 is 7.71. The van der Waals surface area contributed by atoms with Gasteiger partial charge in [-0.3, -0.25) is 9.48 Å². The van der Waals surface area contributed by atoms with Crippen molar-refractivity contribution in [3.05, 3.63) is 54.4 Å². The van der Waals surface area contributed by atoms with Gasteiger partial charge in [0.05, 0.1) is 12.6 Å². The van der Waals surface area contributed by atoms with Gasteiger partial charge in [0, 0.05) is 25.5 Å². The predicted molar refractivity (Wildman–Crippen MR) is 87.8 cm³/mol. The van der Waals surface area contributed by atoms with E-state index in [1.807, 2.05) is 59.1 Å². The lowest BCUT2D eigenvalue weighted by molar-refractivity contribution is -0.145. The van der Waals surface area contributed by atoms with Gasteiger partial charge in [-0.25, -0.2) is 0 Å². The fourth-order valence-electron chi connectivity index (χ4n) is 2.99. The molecule has 3 rings (SSSR count). The van der Waals surface area contributed by atoms with Crippen molar-refractivity contribution in [3.8, 4) is 0 Å². The molecule has 2 aromatic rings. The van der Waals surface area contributed by atoms with Crippen LogP contribution in [0.5, 0.6) is 0 Å². The molecule has 5 heteroatoms. The van der Waals surface area contributed by atoms with Crippen molar-refractivity contribution in [1.82, 2.24) is 14.7 Å². The molecule has 0 bridgehead atoms. The Morgan fingerprint density at radius 3 is 2.91 bits per heavy atom. The third kappa shape index (κ3) is 3.99. The van der Waals surface area contributed by atoms with Gasteiger partial charge in [-0.05, 0) is 31.4 Å². The first-order chi connectivity index (χ1) is 11.2. The average molecular weight is 313 g/mol. The van der Waals surface area contributed by atoms with Gasteiger partial charge in [-0.1, -0.05) is 30.3 Å². The minimum absolute atomic E-state index is 0.0674. The first kappa shape index (κ1) is 15.7. The van der Waals surface area contributed by atoms with Crippen molar-refractivity contribution >= 4 is 5.91 Å². The summed E-state index contributed by atoms with van der Waals surface area (Å²) in [5, 5.41) is 4.30. The van der Waals surface area contributed by atoms with E-state index in [2.05, 4.69) is 5.10 Å². The Bertz CT molecular complexity index is 612. The summed E-state index contributed by atoms with van der Waals surface area (Å²) in [5.74, 6) is 0.0674. The number of nitrogens with zero attached hydrogens (tertiary/aromatic N) is 3. The molecule has 1 aromatic carbocycles. The van der Waals surface area contributed by atoms with E-state index >= 15 is 0 Å². The van der Waals surface area contributed by atoms with Crippen LogP contribution in [0.15, 0.2) is 48.8 Å². The monoisotopic (exact) mass is 313 g/mol. The lowest BCUT2D eigenvalue weighted by Gasteiger charge is -2.34. The fraction of sp³-hybridized carbons (Fsp3) is 0.444. The van der Waals surface area contributed by atoms with Crippen molar-refractivity contribution in [2.75, 3.05) is 13.1 Å². The largest absolute Gasteiger partial charge is 0.364 e. The molecule has 122 valence electrons. The zero-order chi connectivity index (χ0) is 16.1. The number of amides is 1. The van der Waals surface area contributed by atoms with Crippen molar-refractivity contribution in [3.63, 3.8) is 0 Å². The SMILES string of the molecule is C[C@H](OCc1ccccc1)C(=O)N1CCC[C@H](n2cccn2)C1. The first-order valence-corrected chi connectivity index (χ1v) is 8.17. The van der Waals surface area contributed by atoms with E-state index in [0.29, 0.717) is 13.2 Å². The Balaban J connectivity index is 1.54. The van der Waals surface area contributed by atoms with Crippen LogP contribution in [0.3, 0.4) is 0 Å². The topological polar surface area (TPSA) is 47.4 Å². The predicted octanol–water partition coefficient (Wildman–Crippen LogP) is 2.65. The van der Waals surface area contributed by atoms with Gasteiger partial charge in [0.2, 0.25) is 0 Å². The van der Waals surface area contributed by atoms with E-state index in [4.69, 9.17) is 4.74 Å². The lowest BCUT2D eigenvalue weighted by Crippen LogP contribution is -2.45. The van der Waals surface area contributed by atoms with Crippen LogP contribution < -0.4 is 0 Å². The van der Waals surface area contributed by atoms with E-state index < -0.39 is 6.10 Å². The fourth-order valence-corrected chi connectivity index (χ4v) is 2.99. The normalized spacial score (nSPS) is 19.5. The lowest BCUT2D eigenvalue weighted by atomic mass is 10.1. The number of aromatic nitrogens is 2. The summed E-state index contributed by atoms with van der Waals surface area (Å²) in [7, 11) is 0. The van der Waals surface area contributed by atoms with Crippen LogP contribution in [0.1, 0.15) is 31.4 Å². The van der Waals surface area contributed by atoms with Crippen LogP contribution in [0.4, 0.5) is 0 Å². The third-order valence-electron chi connectivity index (χ3n) is 4.30. The van der Waals surface area contributed by atoms with Crippen molar-refractivity contribution in [2.24, 2.45) is 0 Å². The van der Waals surface area contributed by atoms with Gasteiger partial charge in [0.15, 0.2) is 0 Å². The van der Waals surface area contributed by atoms with Gasteiger partial charge >= 0.3 is 0 Å². The van der Waals surface area contributed by atoms with Crippen LogP contribution in [0.2, 0.25) is 0 Å². The molecule has 2 heterocycles. The van der Waals surface area contributed by atoms with Crippen molar-refractivity contribution in [1.29, 1.82) is 0 Å². The molecule has 0 N–H and O–H groups in total. The molecule has 5 nitrogen and oxygen atoms in total. The number of likely N-dealkylation sites (tertiary alicyclic amines) is 1. The zero-order valence-corrected chi connectivity index (χ0v) is 13.5. The van der Waals surface area contributed by atoms with Gasteiger partial charge in [0.1, 0.15) is 6.10 Å². The van der Waals surface area contributed by atoms with E-state index in [-0.39, 0.29) is 11.9 Å². The Hall–Kier alpha value is -2.14. The molecule has 0 radical (unpaired) electrons. The average Bonchev–Trinajstić information content (AvgIpc) is 3.15. The Kier molecular flexibility index (Phi) is 5.08. The Morgan fingerprint density at radius 2 is 2.17 bits per heavy atom. The molecule has 0 aliphatic carbocycles. The maximum absolute atomic E-state index is 12.6. The molecule has 1 saturated heterocycles. The minimum atomic E-state index is -0.424. The second-order valence-corrected chi connectivity index (χ2v) is 6.01. The molecule has 0 unspecified atom stereocenters. The van der Waals surface area contributed by atoms with Crippen LogP contribution >= 0.6 is 0 Å². The molecular formula is C18H23N3O2. The number of hydrogen-bond donors (Lipinski definition) is 0. The number of piperidine rings is 1. The first-order valence-electron chi connectivity index (χ1n) is 8.17. The summed E-state index contributed by atoms with van der Waals surface area (Å²) in [5.41, 5.74) is 1.08. The van der Waals surface area contributed by atoms with Crippen molar-refractivity contribution in [2.45, 2.75) is 38.5 Å². The van der Waals surface area contributed by atoms with Crippen LogP contribution in [0.25, 0.3) is 0 Å². The number of carbonyl (C=O) groups excluding carboxylic acids is 1. The van der Waals surface area contributed by atoms with Gasteiger partial charge in [-0.2, -0.15) is 5.10 Å². The molecule has 1 aliphatic rings. The molecule has 1 aliphatic heterocycles. The van der Waals surface area contributed by atoms with Gasteiger partial charge < -0.3 is 9.64 Å². The zero-order valence-electron chi connectivity index (χ0n) is 13.5. The third-order valence-corrected chi connectivity index (χ3v) is 4.30. The summed E-state index contributed by atoms with van der Waals surface area (Å²) in [4.78, 5) is 14.5. The highest BCUT2D eigenvalue weighted by Gasteiger charge is 2.28. The van der Waals surface area contributed by atoms with E-state index in [1.165, 1.54) is 0 Å². The molecule has 0 saturated carbocycles. The molecule has 1 fully saturated rings. The number of ether oxygens (including phenoxy) is 1. The van der Waals surface area contributed by atoms with E-state index in [0.717, 1.165) is 24.9 Å². The molecule has 0 spiro atoms. The number of hydrogen-bond acceptors (Lipinski definition) is 3. The Morgan fingerprint density at radius 1 is 1.35 bits per heavy atom. The van der Waals surface area contributed by atoms with Crippen molar-refractivity contribution < 1.29 is 9.53 Å². The summed E-state index contributed by atoms with van der Waals surface area (Å²) in [6.45, 7) is 3.81. The molecule has 1 aromatic heterocycles. The van der Waals surface area contributed by atoms with Crippen LogP contribution in [-0.4, -0.2) is 39.8 Å². The number of rotatable bonds is 5. The maximum Gasteiger partial charge on any atom is 0.251 e. The number of benzene rings is 1. The maximum atomic E-state index is 12.6. The second-order valence-electron chi connectivity index (χ2n) is 6.01. The number of carbonyl (C=O) groups is 1. The van der Waals surface area contributed by atoms with Gasteiger partial charge in [0.25, 0.3) is 5.91 Å². The van der Waals surface area contributed by atoms with E-state index in [9.17, 15) is 4.79 Å². The quantitative estimate of drug-likeness (QED) is 0.852. The highest BCUT2D eigenvalue weighted by molar-refractivity contribution is 5.80.